The van der Waals surface area contributed by atoms with Crippen LogP contribution < -0.4 is 15.0 Å². The third-order valence-corrected chi connectivity index (χ3v) is 3.91. The van der Waals surface area contributed by atoms with Crippen LogP contribution in [0.5, 0.6) is 5.75 Å². The standard InChI is InChI=1S/C21H20FN3O2/c1-25(2)20-9-8-16(11-19(20)22)21(26)24-17-6-3-7-18(12-17)27-14-15-5-4-10-23-13-15/h3-13H,14H2,1-2H3,(H,24,26). The molecule has 0 saturated carbocycles. The van der Waals surface area contributed by atoms with Crippen molar-refractivity contribution in [2.45, 2.75) is 6.61 Å². The second kappa shape index (κ2) is 8.31. The van der Waals surface area contributed by atoms with Gasteiger partial charge < -0.3 is 15.0 Å². The molecule has 0 unspecified atom stereocenters. The highest BCUT2D eigenvalue weighted by Gasteiger charge is 2.11. The van der Waals surface area contributed by atoms with E-state index >= 15 is 0 Å². The number of pyridine rings is 1. The Bertz CT molecular complexity index is 930. The number of ether oxygens (including phenoxy) is 1. The number of amides is 1. The minimum Gasteiger partial charge on any atom is -0.489 e. The van der Waals surface area contributed by atoms with Gasteiger partial charge in [-0.15, -0.1) is 0 Å². The number of benzene rings is 2. The summed E-state index contributed by atoms with van der Waals surface area (Å²) in [4.78, 5) is 18.1. The minimum atomic E-state index is -0.443. The molecular weight excluding hydrogens is 345 g/mol. The van der Waals surface area contributed by atoms with Crippen LogP contribution in [0.15, 0.2) is 67.0 Å². The maximum absolute atomic E-state index is 14.1. The molecule has 1 N–H and O–H groups in total. The highest BCUT2D eigenvalue weighted by Crippen LogP contribution is 2.21. The predicted octanol–water partition coefficient (Wildman–Crippen LogP) is 4.12. The average molecular weight is 365 g/mol. The Morgan fingerprint density at radius 3 is 2.70 bits per heavy atom. The van der Waals surface area contributed by atoms with Crippen LogP contribution in [0.2, 0.25) is 0 Å². The van der Waals surface area contributed by atoms with Gasteiger partial charge in [0.15, 0.2) is 0 Å². The predicted molar refractivity (Wildman–Crippen MR) is 104 cm³/mol. The van der Waals surface area contributed by atoms with Gasteiger partial charge in [0.05, 0.1) is 5.69 Å². The van der Waals surface area contributed by atoms with Crippen LogP contribution in [-0.2, 0) is 6.61 Å². The van der Waals surface area contributed by atoms with Gasteiger partial charge in [-0.3, -0.25) is 9.78 Å². The Balaban J connectivity index is 1.67. The Kier molecular flexibility index (Phi) is 5.66. The van der Waals surface area contributed by atoms with Gasteiger partial charge >= 0.3 is 0 Å². The molecule has 138 valence electrons. The smallest absolute Gasteiger partial charge is 0.255 e. The summed E-state index contributed by atoms with van der Waals surface area (Å²) in [5, 5.41) is 2.76. The summed E-state index contributed by atoms with van der Waals surface area (Å²) in [7, 11) is 3.49. The molecule has 0 aliphatic heterocycles. The number of hydrogen-bond acceptors (Lipinski definition) is 4. The van der Waals surface area contributed by atoms with Crippen molar-refractivity contribution in [3.8, 4) is 5.75 Å². The van der Waals surface area contributed by atoms with Gasteiger partial charge in [0, 0.05) is 49.4 Å². The highest BCUT2D eigenvalue weighted by molar-refractivity contribution is 6.04. The van der Waals surface area contributed by atoms with Crippen molar-refractivity contribution in [3.63, 3.8) is 0 Å². The van der Waals surface area contributed by atoms with Crippen LogP contribution in [0.1, 0.15) is 15.9 Å². The topological polar surface area (TPSA) is 54.5 Å². The zero-order valence-corrected chi connectivity index (χ0v) is 15.1. The molecule has 27 heavy (non-hydrogen) atoms. The maximum atomic E-state index is 14.1. The second-order valence-corrected chi connectivity index (χ2v) is 6.19. The second-order valence-electron chi connectivity index (χ2n) is 6.19. The molecule has 0 atom stereocenters. The molecule has 3 rings (SSSR count). The van der Waals surface area contributed by atoms with Gasteiger partial charge in [-0.1, -0.05) is 12.1 Å². The fourth-order valence-corrected chi connectivity index (χ4v) is 2.53. The number of nitrogens with one attached hydrogen (secondary N) is 1. The molecule has 1 amide bonds. The molecule has 0 radical (unpaired) electrons. The van der Waals surface area contributed by atoms with E-state index < -0.39 is 5.82 Å². The summed E-state index contributed by atoms with van der Waals surface area (Å²) in [5.41, 5.74) is 2.20. The van der Waals surface area contributed by atoms with Crippen molar-refractivity contribution in [1.29, 1.82) is 0 Å². The molecule has 0 aliphatic rings. The fraction of sp³-hybridized carbons (Fsp3) is 0.143. The molecule has 0 fully saturated rings. The van der Waals surface area contributed by atoms with E-state index in [4.69, 9.17) is 4.74 Å². The molecule has 5 nitrogen and oxygen atoms in total. The molecule has 0 saturated heterocycles. The van der Waals surface area contributed by atoms with Gasteiger partial charge in [0.2, 0.25) is 0 Å². The van der Waals surface area contributed by atoms with Gasteiger partial charge in [-0.25, -0.2) is 4.39 Å². The normalized spacial score (nSPS) is 10.3. The summed E-state index contributed by atoms with van der Waals surface area (Å²) in [6, 6.07) is 15.2. The number of nitrogens with zero attached hydrogens (tertiary/aromatic N) is 2. The molecule has 0 bridgehead atoms. The fourth-order valence-electron chi connectivity index (χ4n) is 2.53. The molecule has 1 heterocycles. The number of hydrogen-bond donors (Lipinski definition) is 1. The van der Waals surface area contributed by atoms with E-state index in [1.165, 1.54) is 6.07 Å². The van der Waals surface area contributed by atoms with Crippen molar-refractivity contribution in [2.24, 2.45) is 0 Å². The minimum absolute atomic E-state index is 0.250. The van der Waals surface area contributed by atoms with Gasteiger partial charge in [0.1, 0.15) is 18.2 Å². The van der Waals surface area contributed by atoms with Gasteiger partial charge in [0.25, 0.3) is 5.91 Å². The van der Waals surface area contributed by atoms with Crippen molar-refractivity contribution < 1.29 is 13.9 Å². The largest absolute Gasteiger partial charge is 0.489 e. The van der Waals surface area contributed by atoms with Crippen LogP contribution in [0.3, 0.4) is 0 Å². The van der Waals surface area contributed by atoms with Gasteiger partial charge in [-0.05, 0) is 36.4 Å². The van der Waals surface area contributed by atoms with E-state index in [1.807, 2.05) is 12.1 Å². The number of carbonyl (C=O) groups is 1. The zero-order chi connectivity index (χ0) is 19.2. The molecule has 0 spiro atoms. The van der Waals surface area contributed by atoms with Crippen LogP contribution >= 0.6 is 0 Å². The monoisotopic (exact) mass is 365 g/mol. The molecule has 3 aromatic rings. The lowest BCUT2D eigenvalue weighted by molar-refractivity contribution is 0.102. The third kappa shape index (κ3) is 4.82. The Morgan fingerprint density at radius 1 is 1.15 bits per heavy atom. The Morgan fingerprint density at radius 2 is 2.00 bits per heavy atom. The molecule has 2 aromatic carbocycles. The number of anilines is 2. The first-order valence-corrected chi connectivity index (χ1v) is 8.43. The molecule has 1 aromatic heterocycles. The van der Waals surface area contributed by atoms with Crippen molar-refractivity contribution >= 4 is 17.3 Å². The van der Waals surface area contributed by atoms with E-state index in [-0.39, 0.29) is 11.5 Å². The zero-order valence-electron chi connectivity index (χ0n) is 15.1. The van der Waals surface area contributed by atoms with Crippen molar-refractivity contribution in [1.82, 2.24) is 4.98 Å². The maximum Gasteiger partial charge on any atom is 0.255 e. The SMILES string of the molecule is CN(C)c1ccc(C(=O)Nc2cccc(OCc3cccnc3)c2)cc1F. The molecule has 6 heteroatoms. The van der Waals surface area contributed by atoms with Crippen LogP contribution in [0, 0.1) is 5.82 Å². The number of halogens is 1. The first kappa shape index (κ1) is 18.4. The molecular formula is C21H20FN3O2. The highest BCUT2D eigenvalue weighted by atomic mass is 19.1. The lowest BCUT2D eigenvalue weighted by Gasteiger charge is -2.14. The molecule has 0 aliphatic carbocycles. The average Bonchev–Trinajstić information content (AvgIpc) is 2.67. The lowest BCUT2D eigenvalue weighted by atomic mass is 10.1. The third-order valence-electron chi connectivity index (χ3n) is 3.91. The van der Waals surface area contributed by atoms with Crippen molar-refractivity contribution in [2.75, 3.05) is 24.3 Å². The quantitative estimate of drug-likeness (QED) is 0.714. The summed E-state index contributed by atoms with van der Waals surface area (Å²) < 4.78 is 19.8. The van der Waals surface area contributed by atoms with E-state index in [9.17, 15) is 9.18 Å². The summed E-state index contributed by atoms with van der Waals surface area (Å²) in [6.07, 6.45) is 3.44. The van der Waals surface area contributed by atoms with Crippen LogP contribution in [0.4, 0.5) is 15.8 Å². The Hall–Kier alpha value is -3.41. The lowest BCUT2D eigenvalue weighted by Crippen LogP contribution is -2.14. The van der Waals surface area contributed by atoms with Crippen LogP contribution in [0.25, 0.3) is 0 Å². The van der Waals surface area contributed by atoms with Gasteiger partial charge in [-0.2, -0.15) is 0 Å². The Labute approximate surface area is 157 Å². The first-order valence-electron chi connectivity index (χ1n) is 8.43. The first-order chi connectivity index (χ1) is 13.0. The van der Waals surface area contributed by atoms with E-state index in [2.05, 4.69) is 10.3 Å². The van der Waals surface area contributed by atoms with Crippen molar-refractivity contribution in [3.05, 3.63) is 83.9 Å². The van der Waals surface area contributed by atoms with E-state index in [1.54, 1.807) is 67.8 Å². The number of aromatic nitrogens is 1. The summed E-state index contributed by atoms with van der Waals surface area (Å²) >= 11 is 0. The number of rotatable bonds is 6. The van der Waals surface area contributed by atoms with Crippen LogP contribution in [-0.4, -0.2) is 25.0 Å². The number of carbonyl (C=O) groups excluding carboxylic acids is 1. The van der Waals surface area contributed by atoms with E-state index in [0.29, 0.717) is 23.7 Å². The van der Waals surface area contributed by atoms with E-state index in [0.717, 1.165) is 5.56 Å². The summed E-state index contributed by atoms with van der Waals surface area (Å²) in [6.45, 7) is 0.377. The summed E-state index contributed by atoms with van der Waals surface area (Å²) in [5.74, 6) is -0.212.